The Kier molecular flexibility index (Phi) is 4.80. The number of para-hydroxylation sites is 2. The van der Waals surface area contributed by atoms with Crippen LogP contribution < -0.4 is 20.5 Å². The molecule has 0 fully saturated rings. The molecule has 1 unspecified atom stereocenters. The number of hydrogen-bond acceptors (Lipinski definition) is 4. The number of quaternary nitrogens is 1. The first-order valence-corrected chi connectivity index (χ1v) is 11.4. The number of carbonyl (C=O) groups excluding carboxylic acids is 1. The molecule has 3 aromatic rings. The van der Waals surface area contributed by atoms with Crippen molar-refractivity contribution in [1.29, 1.82) is 0 Å². The number of nitrogen functional groups attached to an aromatic ring is 1. The van der Waals surface area contributed by atoms with Crippen LogP contribution in [0.25, 0.3) is 5.57 Å². The van der Waals surface area contributed by atoms with E-state index in [0.29, 0.717) is 19.4 Å². The summed E-state index contributed by atoms with van der Waals surface area (Å²) in [4.78, 5) is 15.6. The molecule has 0 aromatic heterocycles. The Morgan fingerprint density at radius 3 is 2.76 bits per heavy atom. The van der Waals surface area contributed by atoms with E-state index < -0.39 is 0 Å². The first-order valence-electron chi connectivity index (χ1n) is 11.4. The molecule has 166 valence electrons. The fraction of sp³-hybridized carbons (Fsp3) is 0.222. The Balaban J connectivity index is 1.35. The van der Waals surface area contributed by atoms with E-state index in [1.165, 1.54) is 22.5 Å². The molecule has 4 N–H and O–H groups in total. The predicted octanol–water partition coefficient (Wildman–Crippen LogP) is 3.52. The van der Waals surface area contributed by atoms with E-state index in [1.54, 1.807) is 0 Å². The Morgan fingerprint density at radius 1 is 1.03 bits per heavy atom. The van der Waals surface area contributed by atoms with Crippen LogP contribution in [-0.4, -0.2) is 24.1 Å². The third-order valence-corrected chi connectivity index (χ3v) is 6.85. The van der Waals surface area contributed by atoms with E-state index in [1.807, 2.05) is 41.3 Å². The molecule has 6 heteroatoms. The number of aryl methyl sites for hydroxylation is 1. The molecule has 0 saturated carbocycles. The number of nitrogens with two attached hydrogens (primary N) is 2. The van der Waals surface area contributed by atoms with Crippen LogP contribution in [0.4, 0.5) is 11.4 Å². The van der Waals surface area contributed by atoms with Gasteiger partial charge >= 0.3 is 0 Å². The molecule has 1 amide bonds. The lowest BCUT2D eigenvalue weighted by Crippen LogP contribution is -2.76. The van der Waals surface area contributed by atoms with Crippen LogP contribution in [0.1, 0.15) is 35.6 Å². The Hall–Kier alpha value is -3.77. The number of ether oxygens (including phenoxy) is 2. The van der Waals surface area contributed by atoms with Gasteiger partial charge in [-0.1, -0.05) is 36.4 Å². The lowest BCUT2D eigenvalue weighted by atomic mass is 9.90. The molecule has 0 radical (unpaired) electrons. The maximum Gasteiger partial charge on any atom is 0.231 e. The number of nitrogens with zero attached hydrogens (tertiary/aromatic N) is 1. The van der Waals surface area contributed by atoms with Crippen LogP contribution in [-0.2, 0) is 11.2 Å². The SMILES string of the molecule is Nc1ccccc1CCC(=O)N1CCC2=C([NH2+]c3ccccc32)C1c1ccc2c(c1)OCO2. The normalized spacial score (nSPS) is 18.3. The van der Waals surface area contributed by atoms with E-state index in [-0.39, 0.29) is 18.7 Å². The van der Waals surface area contributed by atoms with Crippen LogP contribution in [0.5, 0.6) is 11.5 Å². The second-order valence-corrected chi connectivity index (χ2v) is 8.72. The second kappa shape index (κ2) is 7.98. The lowest BCUT2D eigenvalue weighted by Gasteiger charge is -2.35. The van der Waals surface area contributed by atoms with Crippen molar-refractivity contribution in [2.45, 2.75) is 25.3 Å². The monoisotopic (exact) mass is 440 g/mol. The Bertz CT molecular complexity index is 1280. The molecule has 6 rings (SSSR count). The van der Waals surface area contributed by atoms with Crippen LogP contribution in [0, 0.1) is 0 Å². The summed E-state index contributed by atoms with van der Waals surface area (Å²) in [7, 11) is 0. The van der Waals surface area contributed by atoms with Gasteiger partial charge in [0.05, 0.1) is 0 Å². The largest absolute Gasteiger partial charge is 0.454 e. The summed E-state index contributed by atoms with van der Waals surface area (Å²) in [5.41, 5.74) is 14.0. The molecule has 33 heavy (non-hydrogen) atoms. The molecule has 0 aliphatic carbocycles. The minimum Gasteiger partial charge on any atom is -0.454 e. The maximum absolute atomic E-state index is 13.6. The number of fused-ring (bicyclic) bond motifs is 3. The summed E-state index contributed by atoms with van der Waals surface area (Å²) in [6, 6.07) is 22.1. The summed E-state index contributed by atoms with van der Waals surface area (Å²) in [5, 5.41) is 2.24. The zero-order chi connectivity index (χ0) is 22.4. The van der Waals surface area contributed by atoms with Gasteiger partial charge in [-0.2, -0.15) is 0 Å². The third kappa shape index (κ3) is 3.43. The van der Waals surface area contributed by atoms with Gasteiger partial charge in [0.2, 0.25) is 12.7 Å². The highest BCUT2D eigenvalue weighted by Crippen LogP contribution is 2.44. The van der Waals surface area contributed by atoms with E-state index in [4.69, 9.17) is 15.2 Å². The maximum atomic E-state index is 13.6. The minimum atomic E-state index is -0.156. The predicted molar refractivity (Wildman–Crippen MR) is 126 cm³/mol. The molecule has 3 aliphatic rings. The lowest BCUT2D eigenvalue weighted by molar-refractivity contribution is -0.520. The Morgan fingerprint density at radius 2 is 1.85 bits per heavy atom. The fourth-order valence-corrected chi connectivity index (χ4v) is 5.22. The molecule has 0 spiro atoms. The number of anilines is 1. The van der Waals surface area contributed by atoms with Gasteiger partial charge in [0, 0.05) is 35.9 Å². The van der Waals surface area contributed by atoms with Crippen molar-refractivity contribution in [2.75, 3.05) is 19.1 Å². The standard InChI is InChI=1S/C27H25N3O3/c28-21-7-3-1-5-17(21)10-12-25(31)30-14-13-20-19-6-2-4-8-22(19)29-26(20)27(30)18-9-11-23-24(15-18)33-16-32-23/h1-9,11,15,27,29H,10,12-14,16,28H2/p+1. The molecule has 3 aromatic carbocycles. The molecule has 0 bridgehead atoms. The summed E-state index contributed by atoms with van der Waals surface area (Å²) in [6.07, 6.45) is 1.90. The van der Waals surface area contributed by atoms with Gasteiger partial charge in [0.1, 0.15) is 17.4 Å². The molecular formula is C27H26N3O3+. The van der Waals surface area contributed by atoms with Crippen molar-refractivity contribution in [3.8, 4) is 11.5 Å². The van der Waals surface area contributed by atoms with Crippen LogP contribution in [0.3, 0.4) is 0 Å². The summed E-state index contributed by atoms with van der Waals surface area (Å²) in [5.74, 6) is 1.62. The van der Waals surface area contributed by atoms with Crippen molar-refractivity contribution < 1.29 is 19.6 Å². The smallest absolute Gasteiger partial charge is 0.231 e. The molecule has 3 heterocycles. The number of hydrogen-bond donors (Lipinski definition) is 2. The second-order valence-electron chi connectivity index (χ2n) is 8.72. The van der Waals surface area contributed by atoms with Gasteiger partial charge < -0.3 is 20.1 Å². The van der Waals surface area contributed by atoms with Crippen LogP contribution >= 0.6 is 0 Å². The van der Waals surface area contributed by atoms with Gasteiger partial charge in [-0.05, 0) is 48.2 Å². The molecule has 1 atom stereocenters. The highest BCUT2D eigenvalue weighted by Gasteiger charge is 2.41. The molecular weight excluding hydrogens is 414 g/mol. The van der Waals surface area contributed by atoms with E-state index in [2.05, 4.69) is 35.6 Å². The molecule has 0 saturated heterocycles. The van der Waals surface area contributed by atoms with Gasteiger partial charge in [0.25, 0.3) is 0 Å². The van der Waals surface area contributed by atoms with Crippen LogP contribution in [0.15, 0.2) is 72.4 Å². The fourth-order valence-electron chi connectivity index (χ4n) is 5.22. The zero-order valence-electron chi connectivity index (χ0n) is 18.3. The van der Waals surface area contributed by atoms with Crippen molar-refractivity contribution in [1.82, 2.24) is 4.90 Å². The van der Waals surface area contributed by atoms with Crippen molar-refractivity contribution in [3.05, 3.63) is 89.1 Å². The highest BCUT2D eigenvalue weighted by atomic mass is 16.7. The van der Waals surface area contributed by atoms with E-state index in [9.17, 15) is 4.79 Å². The van der Waals surface area contributed by atoms with E-state index >= 15 is 0 Å². The molecule has 6 nitrogen and oxygen atoms in total. The summed E-state index contributed by atoms with van der Waals surface area (Å²) < 4.78 is 11.2. The van der Waals surface area contributed by atoms with Crippen molar-refractivity contribution in [2.24, 2.45) is 0 Å². The van der Waals surface area contributed by atoms with Gasteiger partial charge in [0.15, 0.2) is 11.5 Å². The van der Waals surface area contributed by atoms with Gasteiger partial charge in [-0.25, -0.2) is 0 Å². The average molecular weight is 441 g/mol. The highest BCUT2D eigenvalue weighted by molar-refractivity contribution is 5.83. The number of benzene rings is 3. The number of amides is 1. The first kappa shape index (κ1) is 19.9. The van der Waals surface area contributed by atoms with Gasteiger partial charge in [-0.3, -0.25) is 10.1 Å². The number of rotatable bonds is 4. The van der Waals surface area contributed by atoms with E-state index in [0.717, 1.165) is 34.7 Å². The van der Waals surface area contributed by atoms with Crippen molar-refractivity contribution in [3.63, 3.8) is 0 Å². The minimum absolute atomic E-state index is 0.136. The topological polar surface area (TPSA) is 81.4 Å². The van der Waals surface area contributed by atoms with Crippen molar-refractivity contribution >= 4 is 22.9 Å². The van der Waals surface area contributed by atoms with Gasteiger partial charge in [-0.15, -0.1) is 0 Å². The summed E-state index contributed by atoms with van der Waals surface area (Å²) >= 11 is 0. The van der Waals surface area contributed by atoms with Crippen LogP contribution in [0.2, 0.25) is 0 Å². The first-order chi connectivity index (χ1) is 16.2. The average Bonchev–Trinajstić information content (AvgIpc) is 3.46. The third-order valence-electron chi connectivity index (χ3n) is 6.85. The Labute approximate surface area is 192 Å². The summed E-state index contributed by atoms with van der Waals surface area (Å²) in [6.45, 7) is 0.916. The zero-order valence-corrected chi connectivity index (χ0v) is 18.3. The quantitative estimate of drug-likeness (QED) is 0.609. The number of carbonyl (C=O) groups is 1. The molecule has 3 aliphatic heterocycles.